The first-order valence-corrected chi connectivity index (χ1v) is 10.5. The Morgan fingerprint density at radius 3 is 2.47 bits per heavy atom. The Morgan fingerprint density at radius 1 is 1.17 bits per heavy atom. The average Bonchev–Trinajstić information content (AvgIpc) is 2.86. The predicted molar refractivity (Wildman–Crippen MR) is 126 cm³/mol. The minimum Gasteiger partial charge on any atom is -0.494 e. The summed E-state index contributed by atoms with van der Waals surface area (Å²) >= 11 is 0. The molecular formula is C23H25F3N6O4. The second kappa shape index (κ2) is 13.0. The summed E-state index contributed by atoms with van der Waals surface area (Å²) in [6, 6.07) is 5.03. The number of allylic oxidation sites excluding steroid dienone is 1. The largest absolute Gasteiger partial charge is 0.494 e. The Hall–Kier alpha value is -4.26. The van der Waals surface area contributed by atoms with Gasteiger partial charge in [-0.3, -0.25) is 15.2 Å². The monoisotopic (exact) mass is 506 g/mol. The highest BCUT2D eigenvalue weighted by Gasteiger charge is 2.33. The number of halogens is 3. The van der Waals surface area contributed by atoms with Crippen LogP contribution in [-0.2, 0) is 22.1 Å². The molecule has 1 aromatic carbocycles. The molecule has 0 spiro atoms. The molecule has 0 aliphatic carbocycles. The number of fused-ring (bicyclic) bond motifs is 1. The molecule has 13 heteroatoms. The number of ether oxygens (including phenoxy) is 3. The molecule has 0 bridgehead atoms. The Morgan fingerprint density at radius 2 is 1.86 bits per heavy atom. The van der Waals surface area contributed by atoms with Crippen molar-refractivity contribution in [2.75, 3.05) is 20.3 Å². The zero-order chi connectivity index (χ0) is 26.7. The molecule has 3 aromatic rings. The van der Waals surface area contributed by atoms with Crippen LogP contribution in [0.25, 0.3) is 10.9 Å². The number of carbonyl (C=O) groups is 1. The van der Waals surface area contributed by atoms with Gasteiger partial charge in [0.1, 0.15) is 28.4 Å². The number of amides is 1. The number of carbonyl (C=O) groups excluding carboxylic acids is 1. The fourth-order valence-corrected chi connectivity index (χ4v) is 3.03. The van der Waals surface area contributed by atoms with E-state index in [4.69, 9.17) is 30.1 Å². The molecule has 0 fully saturated rings. The van der Waals surface area contributed by atoms with Crippen LogP contribution in [0, 0.1) is 5.41 Å². The fourth-order valence-electron chi connectivity index (χ4n) is 3.03. The highest BCUT2D eigenvalue weighted by molar-refractivity contribution is 6.06. The molecule has 0 saturated heterocycles. The van der Waals surface area contributed by atoms with Crippen LogP contribution in [0.1, 0.15) is 23.9 Å². The molecule has 3 rings (SSSR count). The van der Waals surface area contributed by atoms with Gasteiger partial charge < -0.3 is 25.7 Å². The third-order valence-corrected chi connectivity index (χ3v) is 4.55. The number of primary amides is 1. The van der Waals surface area contributed by atoms with Crippen molar-refractivity contribution in [1.82, 2.24) is 15.0 Å². The van der Waals surface area contributed by atoms with Crippen LogP contribution in [0.5, 0.6) is 11.6 Å². The van der Waals surface area contributed by atoms with Gasteiger partial charge in [0, 0.05) is 29.8 Å². The Bertz CT molecular complexity index is 1230. The summed E-state index contributed by atoms with van der Waals surface area (Å²) in [4.78, 5) is 20.6. The number of nitrogens with two attached hydrogens (primary N) is 2. The van der Waals surface area contributed by atoms with Crippen LogP contribution < -0.4 is 20.9 Å². The zero-order valence-electron chi connectivity index (χ0n) is 19.5. The van der Waals surface area contributed by atoms with Gasteiger partial charge >= 0.3 is 6.18 Å². The molecule has 0 aliphatic heterocycles. The molecule has 0 atom stereocenters. The summed E-state index contributed by atoms with van der Waals surface area (Å²) in [6.45, 7) is 2.24. The normalized spacial score (nSPS) is 11.3. The number of methoxy groups -OCH3 is 1. The molecule has 10 nitrogen and oxygen atoms in total. The summed E-state index contributed by atoms with van der Waals surface area (Å²) in [7, 11) is 1.33. The van der Waals surface area contributed by atoms with Crippen LogP contribution in [0.15, 0.2) is 48.5 Å². The predicted octanol–water partition coefficient (Wildman–Crippen LogP) is 2.98. The van der Waals surface area contributed by atoms with Gasteiger partial charge in [-0.2, -0.15) is 13.2 Å². The second-order valence-corrected chi connectivity index (χ2v) is 6.79. The van der Waals surface area contributed by atoms with Crippen LogP contribution in [0.3, 0.4) is 0 Å². The van der Waals surface area contributed by atoms with E-state index in [1.807, 2.05) is 6.92 Å². The van der Waals surface area contributed by atoms with Gasteiger partial charge in [-0.05, 0) is 37.3 Å². The van der Waals surface area contributed by atoms with Gasteiger partial charge in [0.15, 0.2) is 0 Å². The molecule has 192 valence electrons. The van der Waals surface area contributed by atoms with Crippen LogP contribution in [0.2, 0.25) is 0 Å². The molecule has 0 aliphatic rings. The number of hydrogen-bond donors (Lipinski definition) is 3. The molecule has 36 heavy (non-hydrogen) atoms. The lowest BCUT2D eigenvalue weighted by atomic mass is 10.1. The molecule has 2 heterocycles. The van der Waals surface area contributed by atoms with Gasteiger partial charge in [0.25, 0.3) is 0 Å². The highest BCUT2D eigenvalue weighted by Crippen LogP contribution is 2.33. The summed E-state index contributed by atoms with van der Waals surface area (Å²) in [6.07, 6.45) is 0.620. The van der Waals surface area contributed by atoms with E-state index in [1.165, 1.54) is 37.7 Å². The summed E-state index contributed by atoms with van der Waals surface area (Å²) < 4.78 is 55.6. The molecule has 1 amide bonds. The third kappa shape index (κ3) is 7.12. The lowest BCUT2D eigenvalue weighted by Crippen LogP contribution is -2.14. The van der Waals surface area contributed by atoms with Crippen LogP contribution >= 0.6 is 0 Å². The van der Waals surface area contributed by atoms with Crippen LogP contribution in [0.4, 0.5) is 13.2 Å². The van der Waals surface area contributed by atoms with Crippen molar-refractivity contribution in [3.63, 3.8) is 0 Å². The minimum absolute atomic E-state index is 0.0167. The lowest BCUT2D eigenvalue weighted by molar-refractivity contribution is -0.141. The smallest absolute Gasteiger partial charge is 0.433 e. The quantitative estimate of drug-likeness (QED) is 0.182. The van der Waals surface area contributed by atoms with Crippen molar-refractivity contribution >= 4 is 23.2 Å². The maximum atomic E-state index is 13.1. The zero-order valence-corrected chi connectivity index (χ0v) is 19.5. The van der Waals surface area contributed by atoms with Crippen molar-refractivity contribution in [1.29, 1.82) is 5.41 Å². The standard InChI is InChI=1S/C22H22F3N5O3.CH3NO/c1-3-32-21-16(28-10-11-29-21)7-4-13(12-26)33-20(27)15-5-8-17(31-2)19-14(15)6-9-18(30-19)22(23,24)25;2-1-3/h4-6,8-11,27H,3,7,12,26H2,1-2H3;1H,(H2,2,3)/b13-4+,27-20?;. The molecular weight excluding hydrogens is 481 g/mol. The van der Waals surface area contributed by atoms with E-state index in [0.717, 1.165) is 6.07 Å². The van der Waals surface area contributed by atoms with E-state index in [9.17, 15) is 13.2 Å². The second-order valence-electron chi connectivity index (χ2n) is 6.79. The lowest BCUT2D eigenvalue weighted by Gasteiger charge is -2.14. The number of alkyl halides is 3. The maximum absolute atomic E-state index is 13.1. The first-order valence-electron chi connectivity index (χ1n) is 10.5. The van der Waals surface area contributed by atoms with Crippen molar-refractivity contribution in [3.05, 3.63) is 65.4 Å². The van der Waals surface area contributed by atoms with Gasteiger partial charge in [-0.1, -0.05) is 0 Å². The van der Waals surface area contributed by atoms with E-state index in [2.05, 4.69) is 20.7 Å². The topological polar surface area (TPSA) is 159 Å². The van der Waals surface area contributed by atoms with Crippen molar-refractivity contribution in [2.45, 2.75) is 19.5 Å². The molecule has 0 radical (unpaired) electrons. The molecule has 0 unspecified atom stereocenters. The van der Waals surface area contributed by atoms with E-state index < -0.39 is 11.9 Å². The van der Waals surface area contributed by atoms with Crippen molar-refractivity contribution < 1.29 is 32.2 Å². The van der Waals surface area contributed by atoms with E-state index in [-0.39, 0.29) is 46.8 Å². The Kier molecular flexibility index (Phi) is 10.1. The van der Waals surface area contributed by atoms with Crippen LogP contribution in [-0.4, -0.2) is 47.5 Å². The summed E-state index contributed by atoms with van der Waals surface area (Å²) in [5.74, 6) is 0.505. The number of nitrogens with zero attached hydrogens (tertiary/aromatic N) is 3. The minimum atomic E-state index is -4.62. The Balaban J connectivity index is 0.00000145. The highest BCUT2D eigenvalue weighted by atomic mass is 19.4. The number of pyridine rings is 1. The fraction of sp³-hybridized carbons (Fsp3) is 0.261. The van der Waals surface area contributed by atoms with Crippen molar-refractivity contribution in [2.24, 2.45) is 11.5 Å². The summed E-state index contributed by atoms with van der Waals surface area (Å²) in [5.41, 5.74) is 9.65. The van der Waals surface area contributed by atoms with Gasteiger partial charge in [-0.25, -0.2) is 9.97 Å². The van der Waals surface area contributed by atoms with Gasteiger partial charge in [-0.15, -0.1) is 0 Å². The van der Waals surface area contributed by atoms with E-state index >= 15 is 0 Å². The van der Waals surface area contributed by atoms with Gasteiger partial charge in [0.2, 0.25) is 18.2 Å². The molecule has 0 saturated carbocycles. The SMILES string of the molecule is CCOc1nccnc1C/C=C(\CN)OC(=N)c1ccc(OC)c2nc(C(F)(F)F)ccc12.NC=O. The number of nitrogens with one attached hydrogen (secondary N) is 1. The maximum Gasteiger partial charge on any atom is 0.433 e. The average molecular weight is 506 g/mol. The first-order chi connectivity index (χ1) is 17.2. The molecule has 2 aromatic heterocycles. The number of rotatable bonds is 8. The van der Waals surface area contributed by atoms with Crippen molar-refractivity contribution in [3.8, 4) is 11.6 Å². The number of hydrogen-bond acceptors (Lipinski definition) is 9. The summed E-state index contributed by atoms with van der Waals surface area (Å²) in [5, 5.41) is 8.65. The number of aromatic nitrogens is 3. The van der Waals surface area contributed by atoms with Gasteiger partial charge in [0.05, 0.1) is 20.3 Å². The molecule has 5 N–H and O–H groups in total. The number of benzene rings is 1. The van der Waals surface area contributed by atoms with E-state index in [0.29, 0.717) is 24.6 Å². The van der Waals surface area contributed by atoms with E-state index in [1.54, 1.807) is 6.08 Å². The first kappa shape index (κ1) is 28.0. The third-order valence-electron chi connectivity index (χ3n) is 4.55. The Labute approximate surface area is 204 Å².